The van der Waals surface area contributed by atoms with Crippen molar-refractivity contribution in [2.75, 3.05) is 6.54 Å². The molecule has 7 heteroatoms. The first-order valence-corrected chi connectivity index (χ1v) is 6.46. The number of aromatic nitrogens is 4. The molecule has 0 saturated carbocycles. The second-order valence-corrected chi connectivity index (χ2v) is 4.33. The Bertz CT molecular complexity index is 706. The minimum atomic E-state index is -0.283. The third kappa shape index (κ3) is 3.14. The van der Waals surface area contributed by atoms with Gasteiger partial charge in [-0.2, -0.15) is 5.10 Å². The van der Waals surface area contributed by atoms with Crippen molar-refractivity contribution < 1.29 is 9.32 Å². The highest BCUT2D eigenvalue weighted by Crippen LogP contribution is 2.14. The van der Waals surface area contributed by atoms with E-state index >= 15 is 0 Å². The van der Waals surface area contributed by atoms with Crippen LogP contribution in [0.5, 0.6) is 0 Å². The maximum atomic E-state index is 11.6. The molecule has 0 aromatic carbocycles. The molecule has 0 radical (unpaired) electrons. The molecule has 1 amide bonds. The van der Waals surface area contributed by atoms with Crippen molar-refractivity contribution >= 4 is 5.91 Å². The molecule has 3 rings (SSSR count). The number of nitrogens with one attached hydrogen (secondary N) is 1. The van der Waals surface area contributed by atoms with Gasteiger partial charge >= 0.3 is 0 Å². The molecule has 0 aliphatic rings. The first-order chi connectivity index (χ1) is 10.3. The summed E-state index contributed by atoms with van der Waals surface area (Å²) in [6.07, 6.45) is 6.76. The maximum Gasteiger partial charge on any atom is 0.289 e. The molecule has 3 aromatic rings. The number of nitrogens with zero attached hydrogens (tertiary/aromatic N) is 4. The van der Waals surface area contributed by atoms with Gasteiger partial charge in [-0.05, 0) is 18.2 Å². The SMILES string of the molecule is O=C(NCCn1ccc(-c2ccncc2)n1)c1ccno1. The number of pyridine rings is 1. The average Bonchev–Trinajstić information content (AvgIpc) is 3.20. The van der Waals surface area contributed by atoms with Gasteiger partial charge < -0.3 is 9.84 Å². The zero-order valence-electron chi connectivity index (χ0n) is 11.1. The number of rotatable bonds is 5. The Morgan fingerprint density at radius 1 is 1.19 bits per heavy atom. The van der Waals surface area contributed by atoms with Crippen molar-refractivity contribution in [1.29, 1.82) is 0 Å². The van der Waals surface area contributed by atoms with Crippen molar-refractivity contribution in [3.8, 4) is 11.3 Å². The van der Waals surface area contributed by atoms with Crippen LogP contribution in [0.4, 0.5) is 0 Å². The van der Waals surface area contributed by atoms with E-state index in [1.54, 1.807) is 17.1 Å². The summed E-state index contributed by atoms with van der Waals surface area (Å²) in [4.78, 5) is 15.6. The second kappa shape index (κ2) is 6.00. The number of carbonyl (C=O) groups is 1. The van der Waals surface area contributed by atoms with Crippen LogP contribution >= 0.6 is 0 Å². The number of hydrogen-bond donors (Lipinski definition) is 1. The monoisotopic (exact) mass is 283 g/mol. The van der Waals surface area contributed by atoms with Gasteiger partial charge in [-0.3, -0.25) is 14.5 Å². The third-order valence-corrected chi connectivity index (χ3v) is 2.90. The highest BCUT2D eigenvalue weighted by molar-refractivity contribution is 5.91. The van der Waals surface area contributed by atoms with Gasteiger partial charge in [0.15, 0.2) is 0 Å². The van der Waals surface area contributed by atoms with Gasteiger partial charge in [0, 0.05) is 36.8 Å². The molecule has 0 unspecified atom stereocenters. The lowest BCUT2D eigenvalue weighted by molar-refractivity contribution is 0.0915. The summed E-state index contributed by atoms with van der Waals surface area (Å²) in [5.74, 6) is -0.0815. The van der Waals surface area contributed by atoms with Crippen LogP contribution in [-0.4, -0.2) is 32.4 Å². The van der Waals surface area contributed by atoms with Crippen LogP contribution in [0.15, 0.2) is 53.6 Å². The lowest BCUT2D eigenvalue weighted by Crippen LogP contribution is -2.27. The fourth-order valence-electron chi connectivity index (χ4n) is 1.87. The molecule has 1 N–H and O–H groups in total. The topological polar surface area (TPSA) is 85.8 Å². The first kappa shape index (κ1) is 13.0. The van der Waals surface area contributed by atoms with Crippen LogP contribution in [0.3, 0.4) is 0 Å². The Hall–Kier alpha value is -2.96. The molecule has 3 aromatic heterocycles. The van der Waals surface area contributed by atoms with Crippen molar-refractivity contribution in [2.24, 2.45) is 0 Å². The quantitative estimate of drug-likeness (QED) is 0.764. The van der Waals surface area contributed by atoms with E-state index in [-0.39, 0.29) is 11.7 Å². The summed E-state index contributed by atoms with van der Waals surface area (Å²) >= 11 is 0. The molecule has 0 bridgehead atoms. The molecule has 0 fully saturated rings. The second-order valence-electron chi connectivity index (χ2n) is 4.33. The van der Waals surface area contributed by atoms with E-state index < -0.39 is 0 Å². The van der Waals surface area contributed by atoms with E-state index in [0.29, 0.717) is 13.1 Å². The first-order valence-electron chi connectivity index (χ1n) is 6.46. The van der Waals surface area contributed by atoms with Gasteiger partial charge in [-0.15, -0.1) is 0 Å². The minimum Gasteiger partial charge on any atom is -0.351 e. The number of carbonyl (C=O) groups excluding carboxylic acids is 1. The highest BCUT2D eigenvalue weighted by Gasteiger charge is 2.08. The Kier molecular flexibility index (Phi) is 3.72. The summed E-state index contributed by atoms with van der Waals surface area (Å²) in [7, 11) is 0. The van der Waals surface area contributed by atoms with E-state index in [4.69, 9.17) is 4.52 Å². The van der Waals surface area contributed by atoms with Crippen LogP contribution < -0.4 is 5.32 Å². The molecule has 106 valence electrons. The Morgan fingerprint density at radius 2 is 2.05 bits per heavy atom. The van der Waals surface area contributed by atoms with Crippen LogP contribution in [-0.2, 0) is 6.54 Å². The van der Waals surface area contributed by atoms with Gasteiger partial charge in [0.2, 0.25) is 5.76 Å². The summed E-state index contributed by atoms with van der Waals surface area (Å²) in [6, 6.07) is 7.25. The van der Waals surface area contributed by atoms with E-state index in [0.717, 1.165) is 11.3 Å². The van der Waals surface area contributed by atoms with E-state index in [9.17, 15) is 4.79 Å². The van der Waals surface area contributed by atoms with Crippen molar-refractivity contribution in [3.05, 3.63) is 54.8 Å². The van der Waals surface area contributed by atoms with Crippen LogP contribution in [0, 0.1) is 0 Å². The van der Waals surface area contributed by atoms with Crippen LogP contribution in [0.1, 0.15) is 10.6 Å². The molecular weight excluding hydrogens is 270 g/mol. The highest BCUT2D eigenvalue weighted by atomic mass is 16.5. The fourth-order valence-corrected chi connectivity index (χ4v) is 1.87. The zero-order valence-corrected chi connectivity index (χ0v) is 11.1. The maximum absolute atomic E-state index is 11.6. The minimum absolute atomic E-state index is 0.202. The van der Waals surface area contributed by atoms with Crippen LogP contribution in [0.2, 0.25) is 0 Å². The van der Waals surface area contributed by atoms with Crippen LogP contribution in [0.25, 0.3) is 11.3 Å². The van der Waals surface area contributed by atoms with Crippen molar-refractivity contribution in [3.63, 3.8) is 0 Å². The number of hydrogen-bond acceptors (Lipinski definition) is 5. The lowest BCUT2D eigenvalue weighted by Gasteiger charge is -2.03. The smallest absolute Gasteiger partial charge is 0.289 e. The Balaban J connectivity index is 1.55. The molecule has 0 spiro atoms. The van der Waals surface area contributed by atoms with Gasteiger partial charge in [-0.25, -0.2) is 0 Å². The Labute approximate surface area is 120 Å². The van der Waals surface area contributed by atoms with Gasteiger partial charge in [0.1, 0.15) is 0 Å². The Morgan fingerprint density at radius 3 is 2.81 bits per heavy atom. The third-order valence-electron chi connectivity index (χ3n) is 2.90. The standard InChI is InChI=1S/C14H13N5O2/c20-14(13-3-7-17-21-13)16-8-10-19-9-4-12(18-19)11-1-5-15-6-2-11/h1-7,9H,8,10H2,(H,16,20). The summed E-state index contributed by atoms with van der Waals surface area (Å²) in [5, 5.41) is 10.7. The van der Waals surface area contributed by atoms with Gasteiger partial charge in [0.05, 0.1) is 18.4 Å². The largest absolute Gasteiger partial charge is 0.351 e. The molecule has 0 saturated heterocycles. The molecule has 0 atom stereocenters. The summed E-state index contributed by atoms with van der Waals surface area (Å²) in [5.41, 5.74) is 1.88. The zero-order chi connectivity index (χ0) is 14.5. The molecule has 21 heavy (non-hydrogen) atoms. The normalized spacial score (nSPS) is 10.5. The predicted molar refractivity (Wildman–Crippen MR) is 74.3 cm³/mol. The summed E-state index contributed by atoms with van der Waals surface area (Å²) < 4.78 is 6.54. The molecule has 0 aliphatic carbocycles. The van der Waals surface area contributed by atoms with Gasteiger partial charge in [0.25, 0.3) is 5.91 Å². The van der Waals surface area contributed by atoms with Crippen molar-refractivity contribution in [1.82, 2.24) is 25.2 Å². The molecular formula is C14H13N5O2. The molecule has 3 heterocycles. The van der Waals surface area contributed by atoms with E-state index in [1.165, 1.54) is 12.3 Å². The van der Waals surface area contributed by atoms with Gasteiger partial charge in [-0.1, -0.05) is 5.16 Å². The lowest BCUT2D eigenvalue weighted by atomic mass is 10.2. The predicted octanol–water partition coefficient (Wildman–Crippen LogP) is 1.36. The fraction of sp³-hybridized carbons (Fsp3) is 0.143. The number of amides is 1. The van der Waals surface area contributed by atoms with E-state index in [1.807, 2.05) is 24.4 Å². The summed E-state index contributed by atoms with van der Waals surface area (Å²) in [6.45, 7) is 1.03. The molecule has 7 nitrogen and oxygen atoms in total. The van der Waals surface area contributed by atoms with Crippen molar-refractivity contribution in [2.45, 2.75) is 6.54 Å². The average molecular weight is 283 g/mol. The molecule has 0 aliphatic heterocycles. The van der Waals surface area contributed by atoms with E-state index in [2.05, 4.69) is 20.6 Å².